The van der Waals surface area contributed by atoms with E-state index in [1.54, 1.807) is 0 Å². The first-order valence-corrected chi connectivity index (χ1v) is 24.4. The molecule has 1 unspecified atom stereocenters. The molecule has 0 saturated carbocycles. The zero-order chi connectivity index (χ0) is 44.6. The highest BCUT2D eigenvalue weighted by Gasteiger charge is 2.28. The molecule has 5 N–H and O–H groups in total. The quantitative estimate of drug-likeness (QED) is 0.0168. The average molecular weight is 889 g/mol. The lowest BCUT2D eigenvalue weighted by molar-refractivity contribution is -0.161. The number of aliphatic hydroxyl groups excluding tert-OH is 2. The van der Waals surface area contributed by atoms with E-state index in [1.807, 2.05) is 30.4 Å². The minimum absolute atomic E-state index is 0.0258. The summed E-state index contributed by atoms with van der Waals surface area (Å²) in [5.41, 5.74) is 0. The molecule has 0 aliphatic heterocycles. The normalized spacial score (nSPS) is 15.4. The number of hydrogen-bond acceptors (Lipinski definition) is 11. The van der Waals surface area contributed by atoms with Gasteiger partial charge in [-0.1, -0.05) is 125 Å². The maximum absolute atomic E-state index is 12.6. The Hall–Kier alpha value is -2.74. The number of carbonyl (C=O) groups is 2. The molecule has 0 amide bonds. The van der Waals surface area contributed by atoms with E-state index in [0.717, 1.165) is 70.6 Å². The number of ether oxygens (including phenoxy) is 2. The zero-order valence-electron chi connectivity index (χ0n) is 35.9. The maximum atomic E-state index is 12.6. The van der Waals surface area contributed by atoms with Crippen LogP contribution in [0.15, 0.2) is 85.1 Å². The SMILES string of the molecule is CCCCC/C=C\C/C=C\C/C=C\CCCCC(=O)OC[C@H](COP(=O)(O)OC[C@@H](O)COP(=O)(O)O)OC(=O)CCC/C=C\C/C=C\C/C=C\C/C=C\[C@H](O)CCCC. The summed E-state index contributed by atoms with van der Waals surface area (Å²) in [5.74, 6) is -1.17. The predicted octanol–water partition coefficient (Wildman–Crippen LogP) is 9.75. The van der Waals surface area contributed by atoms with Crippen LogP contribution in [-0.4, -0.2) is 81.6 Å². The van der Waals surface area contributed by atoms with Gasteiger partial charge in [-0.2, -0.15) is 0 Å². The standard InChI is InChI=1S/C44H74O14P2/c1-3-5-7-8-9-10-11-12-13-14-18-21-24-27-30-34-43(47)54-38-42(39-57-60(52,53)56-37-41(46)36-55-59(49,50)51)58-44(48)35-31-28-25-22-19-16-15-17-20-23-26-29-33-40(45)32-6-4-2/h9-10,12-13,15-16,18,20-23,25,29,33,40-42,45-46H,3-8,11,14,17,19,24,26-28,30-32,34-39H2,1-2H3,(H,52,53)(H2,49,50,51)/b10-9-,13-12-,16-15-,21-18-,23-20-,25-22-,33-29-/t40-,41+,42-/m1/s1. The van der Waals surface area contributed by atoms with Gasteiger partial charge in [0.15, 0.2) is 6.10 Å². The van der Waals surface area contributed by atoms with Gasteiger partial charge in [0.1, 0.15) is 12.7 Å². The molecule has 0 aliphatic rings. The van der Waals surface area contributed by atoms with E-state index in [9.17, 15) is 33.8 Å². The minimum Gasteiger partial charge on any atom is -0.462 e. The van der Waals surface area contributed by atoms with Crippen LogP contribution in [0.1, 0.15) is 136 Å². The molecule has 0 aliphatic carbocycles. The van der Waals surface area contributed by atoms with E-state index in [2.05, 4.69) is 77.6 Å². The lowest BCUT2D eigenvalue weighted by Gasteiger charge is -2.20. The molecule has 0 bridgehead atoms. The monoisotopic (exact) mass is 888 g/mol. The highest BCUT2D eigenvalue weighted by atomic mass is 31.2. The summed E-state index contributed by atoms with van der Waals surface area (Å²) in [4.78, 5) is 52.6. The van der Waals surface area contributed by atoms with Crippen LogP contribution in [0.2, 0.25) is 0 Å². The summed E-state index contributed by atoms with van der Waals surface area (Å²) in [5, 5.41) is 19.6. The van der Waals surface area contributed by atoms with Crippen LogP contribution < -0.4 is 0 Å². The summed E-state index contributed by atoms with van der Waals surface area (Å²) in [6.45, 7) is 1.43. The Morgan fingerprint density at radius 3 is 1.55 bits per heavy atom. The van der Waals surface area contributed by atoms with Crippen molar-refractivity contribution < 1.29 is 66.7 Å². The Labute approximate surface area is 359 Å². The van der Waals surface area contributed by atoms with Crippen molar-refractivity contribution in [2.75, 3.05) is 26.4 Å². The van der Waals surface area contributed by atoms with Crippen molar-refractivity contribution >= 4 is 27.6 Å². The first-order valence-electron chi connectivity index (χ1n) is 21.4. The third-order valence-corrected chi connectivity index (χ3v) is 9.75. The summed E-state index contributed by atoms with van der Waals surface area (Å²) in [6.07, 6.45) is 40.6. The number of hydrogen-bond donors (Lipinski definition) is 5. The molecule has 0 heterocycles. The number of phosphoric acid groups is 2. The van der Waals surface area contributed by atoms with Crippen LogP contribution in [0, 0.1) is 0 Å². The fourth-order valence-corrected chi connectivity index (χ4v) is 6.17. The van der Waals surface area contributed by atoms with Crippen molar-refractivity contribution in [1.82, 2.24) is 0 Å². The number of aliphatic hydroxyl groups is 2. The summed E-state index contributed by atoms with van der Waals surface area (Å²) < 4.78 is 47.6. The van der Waals surface area contributed by atoms with Gasteiger partial charge >= 0.3 is 27.6 Å². The average Bonchev–Trinajstić information content (AvgIpc) is 3.20. The second-order valence-electron chi connectivity index (χ2n) is 14.1. The van der Waals surface area contributed by atoms with Crippen LogP contribution in [-0.2, 0) is 41.8 Å². The minimum atomic E-state index is -4.88. The van der Waals surface area contributed by atoms with Crippen molar-refractivity contribution in [3.8, 4) is 0 Å². The van der Waals surface area contributed by atoms with Gasteiger partial charge in [0.2, 0.25) is 0 Å². The molecule has 0 aromatic heterocycles. The second-order valence-corrected chi connectivity index (χ2v) is 16.8. The predicted molar refractivity (Wildman–Crippen MR) is 236 cm³/mol. The van der Waals surface area contributed by atoms with Gasteiger partial charge < -0.3 is 34.4 Å². The highest BCUT2D eigenvalue weighted by molar-refractivity contribution is 7.47. The van der Waals surface area contributed by atoms with Gasteiger partial charge in [-0.05, 0) is 83.5 Å². The van der Waals surface area contributed by atoms with Gasteiger partial charge in [0.05, 0.1) is 25.9 Å². The molecular formula is C44H74O14P2. The molecule has 0 aromatic carbocycles. The smallest absolute Gasteiger partial charge is 0.462 e. The van der Waals surface area contributed by atoms with E-state index in [1.165, 1.54) is 19.3 Å². The fourth-order valence-electron chi connectivity index (χ4n) is 5.01. The van der Waals surface area contributed by atoms with Crippen LogP contribution in [0.3, 0.4) is 0 Å². The molecule has 0 spiro atoms. The van der Waals surface area contributed by atoms with E-state index >= 15 is 0 Å². The lowest BCUT2D eigenvalue weighted by Crippen LogP contribution is -2.29. The summed E-state index contributed by atoms with van der Waals surface area (Å²) in [6, 6.07) is 0. The molecule has 0 saturated heterocycles. The molecule has 4 atom stereocenters. The van der Waals surface area contributed by atoms with Crippen molar-refractivity contribution in [1.29, 1.82) is 0 Å². The molecule has 0 aromatic rings. The van der Waals surface area contributed by atoms with Crippen molar-refractivity contribution in [3.63, 3.8) is 0 Å². The summed E-state index contributed by atoms with van der Waals surface area (Å²) in [7, 11) is -9.72. The molecule has 60 heavy (non-hydrogen) atoms. The van der Waals surface area contributed by atoms with Gasteiger partial charge in [0, 0.05) is 12.8 Å². The molecule has 16 heteroatoms. The first kappa shape index (κ1) is 57.3. The maximum Gasteiger partial charge on any atom is 0.472 e. The Balaban J connectivity index is 4.74. The van der Waals surface area contributed by atoms with Gasteiger partial charge in [-0.3, -0.25) is 23.2 Å². The van der Waals surface area contributed by atoms with Crippen molar-refractivity contribution in [3.05, 3.63) is 85.1 Å². The highest BCUT2D eigenvalue weighted by Crippen LogP contribution is 2.43. The molecule has 0 rings (SSSR count). The molecule has 14 nitrogen and oxygen atoms in total. The van der Waals surface area contributed by atoms with Gasteiger partial charge in [-0.15, -0.1) is 0 Å². The first-order chi connectivity index (χ1) is 28.8. The van der Waals surface area contributed by atoms with Crippen LogP contribution in [0.25, 0.3) is 0 Å². The topological polar surface area (TPSA) is 216 Å². The third-order valence-electron chi connectivity index (χ3n) is 8.32. The van der Waals surface area contributed by atoms with Crippen molar-refractivity contribution in [2.24, 2.45) is 0 Å². The van der Waals surface area contributed by atoms with E-state index in [-0.39, 0.29) is 18.9 Å². The van der Waals surface area contributed by atoms with Crippen LogP contribution in [0.5, 0.6) is 0 Å². The second kappa shape index (κ2) is 39.1. The van der Waals surface area contributed by atoms with Gasteiger partial charge in [-0.25, -0.2) is 9.13 Å². The van der Waals surface area contributed by atoms with E-state index in [0.29, 0.717) is 19.3 Å². The van der Waals surface area contributed by atoms with Crippen molar-refractivity contribution in [2.45, 2.75) is 154 Å². The lowest BCUT2D eigenvalue weighted by atomic mass is 10.1. The summed E-state index contributed by atoms with van der Waals surface area (Å²) >= 11 is 0. The zero-order valence-corrected chi connectivity index (χ0v) is 37.7. The van der Waals surface area contributed by atoms with Crippen LogP contribution >= 0.6 is 15.6 Å². The number of rotatable bonds is 39. The van der Waals surface area contributed by atoms with E-state index in [4.69, 9.17) is 23.8 Å². The number of carbonyl (C=O) groups excluding carboxylic acids is 2. The fraction of sp³-hybridized carbons (Fsp3) is 0.636. The molecule has 0 radical (unpaired) electrons. The third kappa shape index (κ3) is 42.0. The number of allylic oxidation sites excluding steroid dienone is 13. The molecular weight excluding hydrogens is 814 g/mol. The Bertz CT molecular complexity index is 1400. The molecule has 344 valence electrons. The Kier molecular flexibility index (Phi) is 37.3. The number of phosphoric ester groups is 2. The Morgan fingerprint density at radius 1 is 0.533 bits per heavy atom. The van der Waals surface area contributed by atoms with Gasteiger partial charge in [0.25, 0.3) is 0 Å². The Morgan fingerprint density at radius 2 is 1.00 bits per heavy atom. The number of unbranched alkanes of at least 4 members (excludes halogenated alkanes) is 7. The number of esters is 2. The van der Waals surface area contributed by atoms with Crippen LogP contribution in [0.4, 0.5) is 0 Å². The largest absolute Gasteiger partial charge is 0.472 e. The van der Waals surface area contributed by atoms with E-state index < -0.39 is 66.2 Å². The molecule has 0 fully saturated rings.